The van der Waals surface area contributed by atoms with Gasteiger partial charge >= 0.3 is 0 Å². The van der Waals surface area contributed by atoms with E-state index in [4.69, 9.17) is 0 Å². The van der Waals surface area contributed by atoms with Crippen molar-refractivity contribution >= 4 is 37.3 Å². The number of halogens is 1. The molecule has 0 spiro atoms. The zero-order valence-electron chi connectivity index (χ0n) is 12.1. The molecule has 0 bridgehead atoms. The monoisotopic (exact) mass is 368 g/mol. The highest BCUT2D eigenvalue weighted by Gasteiger charge is 2.20. The molecule has 0 saturated carbocycles. The maximum absolute atomic E-state index is 12.6. The Bertz CT molecular complexity index is 733. The lowest BCUT2D eigenvalue weighted by atomic mass is 10.1. The Labute approximate surface area is 133 Å². The van der Waals surface area contributed by atoms with Gasteiger partial charge < -0.3 is 5.32 Å². The van der Waals surface area contributed by atoms with Crippen LogP contribution < -0.4 is 10.0 Å². The molecule has 6 heteroatoms. The average molecular weight is 369 g/mol. The van der Waals surface area contributed by atoms with Crippen LogP contribution >= 0.6 is 15.9 Å². The number of hydrogen-bond donors (Lipinski definition) is 2. The molecule has 0 unspecified atom stereocenters. The summed E-state index contributed by atoms with van der Waals surface area (Å²) >= 11 is 3.32. The summed E-state index contributed by atoms with van der Waals surface area (Å²) in [6.07, 6.45) is 0. The molecule has 2 aromatic rings. The Hall–Kier alpha value is -1.53. The summed E-state index contributed by atoms with van der Waals surface area (Å²) < 4.78 is 28.7. The Morgan fingerprint density at radius 1 is 0.952 bits per heavy atom. The maximum Gasteiger partial charge on any atom is 0.262 e. The molecule has 0 radical (unpaired) electrons. The second kappa shape index (κ2) is 6.07. The third-order valence-electron chi connectivity index (χ3n) is 3.11. The van der Waals surface area contributed by atoms with Gasteiger partial charge in [-0.3, -0.25) is 4.72 Å². The highest BCUT2D eigenvalue weighted by Crippen LogP contribution is 2.26. The highest BCUT2D eigenvalue weighted by molar-refractivity contribution is 9.10. The first-order chi connectivity index (χ1) is 9.83. The van der Waals surface area contributed by atoms with E-state index in [1.165, 1.54) is 0 Å². The van der Waals surface area contributed by atoms with Crippen LogP contribution in [0.1, 0.15) is 11.1 Å². The van der Waals surface area contributed by atoms with Crippen LogP contribution in [0.4, 0.5) is 11.4 Å². The number of hydrogen-bond acceptors (Lipinski definition) is 3. The fraction of sp³-hybridized carbons (Fsp3) is 0.200. The topological polar surface area (TPSA) is 58.2 Å². The fourth-order valence-electron chi connectivity index (χ4n) is 2.24. The summed E-state index contributed by atoms with van der Waals surface area (Å²) in [5.41, 5.74) is 2.86. The van der Waals surface area contributed by atoms with Crippen molar-refractivity contribution in [2.24, 2.45) is 0 Å². The predicted octanol–water partition coefficient (Wildman–Crippen LogP) is 3.91. The molecule has 0 saturated heterocycles. The van der Waals surface area contributed by atoms with Crippen molar-refractivity contribution in [2.45, 2.75) is 18.7 Å². The van der Waals surface area contributed by atoms with Crippen LogP contribution in [0.2, 0.25) is 0 Å². The molecule has 21 heavy (non-hydrogen) atoms. The Balaban J connectivity index is 2.42. The molecule has 4 nitrogen and oxygen atoms in total. The fourth-order valence-corrected chi connectivity index (χ4v) is 4.02. The molecule has 2 N–H and O–H groups in total. The lowest BCUT2D eigenvalue weighted by Gasteiger charge is -2.14. The molecule has 0 amide bonds. The van der Waals surface area contributed by atoms with Crippen LogP contribution in [0.15, 0.2) is 45.8 Å². The first-order valence-corrected chi connectivity index (χ1v) is 8.68. The van der Waals surface area contributed by atoms with Gasteiger partial charge in [0.2, 0.25) is 0 Å². The lowest BCUT2D eigenvalue weighted by molar-refractivity contribution is 0.600. The number of rotatable bonds is 4. The molecule has 0 aliphatic heterocycles. The van der Waals surface area contributed by atoms with E-state index in [1.54, 1.807) is 38.1 Å². The van der Waals surface area contributed by atoms with Gasteiger partial charge in [0.1, 0.15) is 0 Å². The van der Waals surface area contributed by atoms with Crippen molar-refractivity contribution < 1.29 is 8.42 Å². The summed E-state index contributed by atoms with van der Waals surface area (Å²) in [6, 6.07) is 10.7. The summed E-state index contributed by atoms with van der Waals surface area (Å²) in [5.74, 6) is 0. The molecule has 0 atom stereocenters. The van der Waals surface area contributed by atoms with Gasteiger partial charge in [0.25, 0.3) is 10.0 Å². The van der Waals surface area contributed by atoms with Crippen LogP contribution in [-0.2, 0) is 10.0 Å². The van der Waals surface area contributed by atoms with Gasteiger partial charge in [-0.25, -0.2) is 8.42 Å². The zero-order chi connectivity index (χ0) is 15.6. The molecule has 0 aromatic heterocycles. The molecule has 0 fully saturated rings. The molecule has 112 valence electrons. The van der Waals surface area contributed by atoms with Gasteiger partial charge in [-0.05, 0) is 61.4 Å². The van der Waals surface area contributed by atoms with E-state index in [0.717, 1.165) is 10.2 Å². The van der Waals surface area contributed by atoms with Crippen molar-refractivity contribution in [1.29, 1.82) is 0 Å². The SMILES string of the molecule is CNc1cc(C)c(S(=O)(=O)Nc2ccc(Br)cc2)c(C)c1. The van der Waals surface area contributed by atoms with Crippen molar-refractivity contribution in [3.05, 3.63) is 52.0 Å². The van der Waals surface area contributed by atoms with Crippen LogP contribution in [0.25, 0.3) is 0 Å². The summed E-state index contributed by atoms with van der Waals surface area (Å²) in [5, 5.41) is 3.02. The van der Waals surface area contributed by atoms with E-state index in [9.17, 15) is 8.42 Å². The summed E-state index contributed by atoms with van der Waals surface area (Å²) in [7, 11) is -1.80. The first kappa shape index (κ1) is 15.9. The molecule has 0 aliphatic carbocycles. The second-order valence-corrected chi connectivity index (χ2v) is 7.34. The maximum atomic E-state index is 12.6. The molecule has 2 aromatic carbocycles. The minimum absolute atomic E-state index is 0.324. The number of sulfonamides is 1. The van der Waals surface area contributed by atoms with Gasteiger partial charge in [-0.15, -0.1) is 0 Å². The minimum Gasteiger partial charge on any atom is -0.388 e. The average Bonchev–Trinajstić information content (AvgIpc) is 2.39. The third-order valence-corrected chi connectivity index (χ3v) is 5.33. The zero-order valence-corrected chi connectivity index (χ0v) is 14.5. The van der Waals surface area contributed by atoms with Crippen LogP contribution in [0.5, 0.6) is 0 Å². The number of nitrogens with one attached hydrogen (secondary N) is 2. The number of aryl methyl sites for hydroxylation is 2. The summed E-state index contributed by atoms with van der Waals surface area (Å²) in [6.45, 7) is 3.59. The van der Waals surface area contributed by atoms with Crippen molar-refractivity contribution in [3.8, 4) is 0 Å². The van der Waals surface area contributed by atoms with Crippen LogP contribution in [0.3, 0.4) is 0 Å². The Morgan fingerprint density at radius 3 is 1.95 bits per heavy atom. The van der Waals surface area contributed by atoms with Crippen LogP contribution in [-0.4, -0.2) is 15.5 Å². The van der Waals surface area contributed by atoms with Crippen molar-refractivity contribution in [2.75, 3.05) is 17.1 Å². The summed E-state index contributed by atoms with van der Waals surface area (Å²) in [4.78, 5) is 0.324. The van der Waals surface area contributed by atoms with Gasteiger partial charge in [0.15, 0.2) is 0 Å². The molecule has 0 aliphatic rings. The normalized spacial score (nSPS) is 11.2. The van der Waals surface area contributed by atoms with E-state index in [2.05, 4.69) is 26.0 Å². The van der Waals surface area contributed by atoms with Gasteiger partial charge in [-0.1, -0.05) is 15.9 Å². The molecule has 2 rings (SSSR count). The molecular weight excluding hydrogens is 352 g/mol. The van der Waals surface area contributed by atoms with E-state index in [1.807, 2.05) is 19.2 Å². The van der Waals surface area contributed by atoms with Gasteiger partial charge in [0, 0.05) is 22.9 Å². The van der Waals surface area contributed by atoms with Crippen molar-refractivity contribution in [1.82, 2.24) is 0 Å². The molecule has 0 heterocycles. The number of anilines is 2. The smallest absolute Gasteiger partial charge is 0.262 e. The minimum atomic E-state index is -3.61. The van der Waals surface area contributed by atoms with E-state index in [-0.39, 0.29) is 0 Å². The van der Waals surface area contributed by atoms with E-state index >= 15 is 0 Å². The first-order valence-electron chi connectivity index (χ1n) is 6.41. The Morgan fingerprint density at radius 2 is 1.48 bits per heavy atom. The van der Waals surface area contributed by atoms with Crippen LogP contribution in [0, 0.1) is 13.8 Å². The standard InChI is InChI=1S/C15H17BrN2O2S/c1-10-8-14(17-3)9-11(2)15(10)21(19,20)18-13-6-4-12(16)5-7-13/h4-9,17-18H,1-3H3. The molecular formula is C15H17BrN2O2S. The van der Waals surface area contributed by atoms with Gasteiger partial charge in [0.05, 0.1) is 4.90 Å². The second-order valence-electron chi connectivity index (χ2n) is 4.80. The largest absolute Gasteiger partial charge is 0.388 e. The van der Waals surface area contributed by atoms with Crippen molar-refractivity contribution in [3.63, 3.8) is 0 Å². The van der Waals surface area contributed by atoms with Gasteiger partial charge in [-0.2, -0.15) is 0 Å². The predicted molar refractivity (Wildman–Crippen MR) is 90.4 cm³/mol. The highest BCUT2D eigenvalue weighted by atomic mass is 79.9. The quantitative estimate of drug-likeness (QED) is 0.859. The van der Waals surface area contributed by atoms with E-state index in [0.29, 0.717) is 21.7 Å². The Kier molecular flexibility index (Phi) is 4.58. The lowest BCUT2D eigenvalue weighted by Crippen LogP contribution is -2.16. The third kappa shape index (κ3) is 3.57. The number of benzene rings is 2. The van der Waals surface area contributed by atoms with E-state index < -0.39 is 10.0 Å².